The summed E-state index contributed by atoms with van der Waals surface area (Å²) in [6.07, 6.45) is 0. The molecule has 8 heteroatoms. The van der Waals surface area contributed by atoms with Gasteiger partial charge in [0.25, 0.3) is 0 Å². The molecule has 1 unspecified atom stereocenters. The number of rotatable bonds is 9. The first-order valence-electron chi connectivity index (χ1n) is 11.2. The van der Waals surface area contributed by atoms with Crippen molar-refractivity contribution in [2.45, 2.75) is 19.1 Å². The molecule has 7 nitrogen and oxygen atoms in total. The van der Waals surface area contributed by atoms with Crippen molar-refractivity contribution in [1.82, 2.24) is 20.4 Å². The Hall–Kier alpha value is -1.88. The van der Waals surface area contributed by atoms with Gasteiger partial charge in [-0.15, -0.1) is 24.0 Å². The lowest BCUT2D eigenvalue weighted by molar-refractivity contribution is 0.0170. The molecule has 33 heavy (non-hydrogen) atoms. The number of hydrogen-bond acceptors (Lipinski definition) is 5. The van der Waals surface area contributed by atoms with E-state index in [1.54, 1.807) is 7.11 Å². The van der Waals surface area contributed by atoms with Crippen molar-refractivity contribution in [3.8, 4) is 5.75 Å². The largest absolute Gasteiger partial charge is 0.497 e. The third kappa shape index (κ3) is 8.44. The van der Waals surface area contributed by atoms with Crippen molar-refractivity contribution in [3.05, 3.63) is 65.2 Å². The van der Waals surface area contributed by atoms with Crippen molar-refractivity contribution < 1.29 is 9.47 Å². The van der Waals surface area contributed by atoms with Crippen LogP contribution in [0, 0.1) is 0 Å². The van der Waals surface area contributed by atoms with E-state index in [2.05, 4.69) is 75.9 Å². The predicted octanol–water partition coefficient (Wildman–Crippen LogP) is 3.11. The zero-order chi connectivity index (χ0) is 22.8. The average Bonchev–Trinajstić information content (AvgIpc) is 2.82. The molecule has 0 radical (unpaired) electrons. The van der Waals surface area contributed by atoms with Gasteiger partial charge in [0.2, 0.25) is 0 Å². The molecule has 0 aliphatic carbocycles. The fraction of sp³-hybridized carbons (Fsp3) is 0.480. The standard InChI is InChI=1S/C25H37N5O2.HI/c1-26-25(27-17-21-7-5-6-8-22(21)19-29(2)3)28-18-24(30-13-15-32-16-14-30)20-9-11-23(31-4)12-10-20;/h5-12,24H,13-19H2,1-4H3,(H2,26,27,28);1H. The Morgan fingerprint density at radius 2 is 1.73 bits per heavy atom. The predicted molar refractivity (Wildman–Crippen MR) is 146 cm³/mol. The summed E-state index contributed by atoms with van der Waals surface area (Å²) in [6.45, 7) is 5.77. The average molecular weight is 568 g/mol. The number of benzene rings is 2. The van der Waals surface area contributed by atoms with Crippen molar-refractivity contribution in [1.29, 1.82) is 0 Å². The highest BCUT2D eigenvalue weighted by molar-refractivity contribution is 14.0. The topological polar surface area (TPSA) is 61.4 Å². The summed E-state index contributed by atoms with van der Waals surface area (Å²) in [5.41, 5.74) is 3.86. The highest BCUT2D eigenvalue weighted by Gasteiger charge is 2.23. The molecule has 2 aromatic carbocycles. The molecule has 1 fully saturated rings. The van der Waals surface area contributed by atoms with Gasteiger partial charge in [-0.3, -0.25) is 9.89 Å². The number of aliphatic imine (C=N–C) groups is 1. The van der Waals surface area contributed by atoms with Gasteiger partial charge in [-0.1, -0.05) is 36.4 Å². The van der Waals surface area contributed by atoms with E-state index < -0.39 is 0 Å². The van der Waals surface area contributed by atoms with E-state index in [-0.39, 0.29) is 30.0 Å². The molecule has 1 heterocycles. The molecule has 0 saturated carbocycles. The van der Waals surface area contributed by atoms with Crippen LogP contribution in [0.5, 0.6) is 5.75 Å². The van der Waals surface area contributed by atoms with E-state index in [4.69, 9.17) is 9.47 Å². The Kier molecular flexibility index (Phi) is 11.9. The van der Waals surface area contributed by atoms with Crippen LogP contribution in [0.4, 0.5) is 0 Å². The SMILES string of the molecule is CN=C(NCc1ccccc1CN(C)C)NCC(c1ccc(OC)cc1)N1CCOCC1.I. The van der Waals surface area contributed by atoms with Gasteiger partial charge in [0, 0.05) is 39.8 Å². The lowest BCUT2D eigenvalue weighted by Crippen LogP contribution is -2.46. The van der Waals surface area contributed by atoms with Gasteiger partial charge < -0.3 is 25.0 Å². The monoisotopic (exact) mass is 567 g/mol. The van der Waals surface area contributed by atoms with Crippen LogP contribution in [0.25, 0.3) is 0 Å². The van der Waals surface area contributed by atoms with Gasteiger partial charge in [-0.05, 0) is 42.9 Å². The Bertz CT molecular complexity index is 854. The number of hydrogen-bond donors (Lipinski definition) is 2. The molecule has 1 aliphatic heterocycles. The fourth-order valence-corrected chi connectivity index (χ4v) is 3.99. The van der Waals surface area contributed by atoms with E-state index in [9.17, 15) is 0 Å². The summed E-state index contributed by atoms with van der Waals surface area (Å²) in [4.78, 5) is 9.11. The third-order valence-electron chi connectivity index (χ3n) is 5.72. The number of ether oxygens (including phenoxy) is 2. The summed E-state index contributed by atoms with van der Waals surface area (Å²) in [5, 5.41) is 7.02. The molecule has 1 saturated heterocycles. The van der Waals surface area contributed by atoms with Crippen LogP contribution in [0.3, 0.4) is 0 Å². The van der Waals surface area contributed by atoms with Crippen LogP contribution in [-0.2, 0) is 17.8 Å². The van der Waals surface area contributed by atoms with E-state index in [0.717, 1.165) is 57.6 Å². The Balaban J connectivity index is 0.00000385. The number of nitrogens with zero attached hydrogens (tertiary/aromatic N) is 3. The van der Waals surface area contributed by atoms with Crippen LogP contribution in [-0.4, -0.2) is 76.9 Å². The Morgan fingerprint density at radius 1 is 1.06 bits per heavy atom. The van der Waals surface area contributed by atoms with Gasteiger partial charge in [0.05, 0.1) is 26.4 Å². The number of morpholine rings is 1. The molecule has 2 N–H and O–H groups in total. The maximum atomic E-state index is 5.57. The van der Waals surface area contributed by atoms with Crippen molar-refractivity contribution in [2.24, 2.45) is 4.99 Å². The van der Waals surface area contributed by atoms with Crippen LogP contribution in [0.2, 0.25) is 0 Å². The quantitative estimate of drug-likeness (QED) is 0.276. The molecule has 0 bridgehead atoms. The van der Waals surface area contributed by atoms with Crippen LogP contribution in [0.15, 0.2) is 53.5 Å². The molecular weight excluding hydrogens is 529 g/mol. The van der Waals surface area contributed by atoms with Gasteiger partial charge in [-0.2, -0.15) is 0 Å². The number of nitrogens with one attached hydrogen (secondary N) is 2. The molecule has 1 atom stereocenters. The molecule has 0 aromatic heterocycles. The first-order chi connectivity index (χ1) is 15.6. The van der Waals surface area contributed by atoms with Crippen molar-refractivity contribution >= 4 is 29.9 Å². The summed E-state index contributed by atoms with van der Waals surface area (Å²) >= 11 is 0. The highest BCUT2D eigenvalue weighted by atomic mass is 127. The Morgan fingerprint density at radius 3 is 2.33 bits per heavy atom. The zero-order valence-corrected chi connectivity index (χ0v) is 22.5. The van der Waals surface area contributed by atoms with Crippen LogP contribution >= 0.6 is 24.0 Å². The van der Waals surface area contributed by atoms with Crippen molar-refractivity contribution in [2.75, 3.05) is 61.1 Å². The number of guanidine groups is 1. The fourth-order valence-electron chi connectivity index (χ4n) is 3.99. The minimum Gasteiger partial charge on any atom is -0.497 e. The van der Waals surface area contributed by atoms with Gasteiger partial charge in [0.1, 0.15) is 5.75 Å². The second-order valence-corrected chi connectivity index (χ2v) is 8.25. The van der Waals surface area contributed by atoms with E-state index in [1.807, 2.05) is 19.2 Å². The maximum absolute atomic E-state index is 5.57. The summed E-state index contributed by atoms with van der Waals surface area (Å²) in [7, 11) is 7.70. The molecule has 0 amide bonds. The second-order valence-electron chi connectivity index (χ2n) is 8.25. The minimum atomic E-state index is 0. The summed E-state index contributed by atoms with van der Waals surface area (Å²) in [6, 6.07) is 17.1. The van der Waals surface area contributed by atoms with Gasteiger partial charge in [0.15, 0.2) is 5.96 Å². The van der Waals surface area contributed by atoms with E-state index in [0.29, 0.717) is 0 Å². The second kappa shape index (κ2) is 14.4. The summed E-state index contributed by atoms with van der Waals surface area (Å²) < 4.78 is 10.9. The first kappa shape index (κ1) is 27.4. The van der Waals surface area contributed by atoms with Gasteiger partial charge >= 0.3 is 0 Å². The minimum absolute atomic E-state index is 0. The molecular formula is C25H38IN5O2. The molecule has 0 spiro atoms. The normalized spacial score (nSPS) is 15.6. The molecule has 3 rings (SSSR count). The summed E-state index contributed by atoms with van der Waals surface area (Å²) in [5.74, 6) is 1.67. The zero-order valence-electron chi connectivity index (χ0n) is 20.2. The smallest absolute Gasteiger partial charge is 0.191 e. The van der Waals surface area contributed by atoms with E-state index >= 15 is 0 Å². The Labute approximate surface area is 215 Å². The van der Waals surface area contributed by atoms with Crippen molar-refractivity contribution in [3.63, 3.8) is 0 Å². The van der Waals surface area contributed by atoms with Crippen LogP contribution < -0.4 is 15.4 Å². The highest BCUT2D eigenvalue weighted by Crippen LogP contribution is 2.23. The number of halogens is 1. The molecule has 2 aromatic rings. The van der Waals surface area contributed by atoms with Gasteiger partial charge in [-0.25, -0.2) is 0 Å². The van der Waals surface area contributed by atoms with E-state index in [1.165, 1.54) is 16.7 Å². The third-order valence-corrected chi connectivity index (χ3v) is 5.72. The molecule has 1 aliphatic rings. The lowest BCUT2D eigenvalue weighted by atomic mass is 10.0. The van der Waals surface area contributed by atoms with Crippen LogP contribution in [0.1, 0.15) is 22.7 Å². The maximum Gasteiger partial charge on any atom is 0.191 e. The number of methoxy groups -OCH3 is 1. The lowest BCUT2D eigenvalue weighted by Gasteiger charge is -2.35. The molecule has 182 valence electrons. The first-order valence-corrected chi connectivity index (χ1v) is 11.2.